The lowest BCUT2D eigenvalue weighted by molar-refractivity contribution is -0.141. The van der Waals surface area contributed by atoms with Gasteiger partial charge in [0.2, 0.25) is 0 Å². The molecule has 1 aliphatic rings. The summed E-state index contributed by atoms with van der Waals surface area (Å²) in [7, 11) is 0. The zero-order valence-electron chi connectivity index (χ0n) is 10.7. The minimum Gasteiger partial charge on any atom is -0.389 e. The minimum absolute atomic E-state index is 0.118. The fraction of sp³-hybridized carbons (Fsp3) is 1.00. The topological polar surface area (TPSA) is 46.2 Å². The number of nitrogens with two attached hydrogens (primary N) is 1. The molecular formula is C13H27NO. The van der Waals surface area contributed by atoms with Gasteiger partial charge in [0, 0.05) is 12.0 Å². The van der Waals surface area contributed by atoms with Crippen LogP contribution in [0.4, 0.5) is 0 Å². The van der Waals surface area contributed by atoms with Gasteiger partial charge in [-0.3, -0.25) is 0 Å². The van der Waals surface area contributed by atoms with Gasteiger partial charge in [-0.15, -0.1) is 0 Å². The maximum absolute atomic E-state index is 10.9. The molecule has 2 heteroatoms. The molecule has 1 rings (SSSR count). The highest BCUT2D eigenvalue weighted by Gasteiger charge is 2.50. The lowest BCUT2D eigenvalue weighted by atomic mass is 9.59. The van der Waals surface area contributed by atoms with Crippen LogP contribution in [0, 0.1) is 17.3 Å². The van der Waals surface area contributed by atoms with E-state index in [1.54, 1.807) is 0 Å². The second-order valence-electron chi connectivity index (χ2n) is 5.82. The molecule has 4 unspecified atom stereocenters. The summed E-state index contributed by atoms with van der Waals surface area (Å²) in [6, 6.07) is 0. The molecule has 0 amide bonds. The van der Waals surface area contributed by atoms with Gasteiger partial charge in [0.15, 0.2) is 0 Å². The molecule has 0 spiro atoms. The average Bonchev–Trinajstić information content (AvgIpc) is 2.22. The molecular weight excluding hydrogens is 186 g/mol. The van der Waals surface area contributed by atoms with Gasteiger partial charge < -0.3 is 10.8 Å². The van der Waals surface area contributed by atoms with Crippen molar-refractivity contribution in [3.63, 3.8) is 0 Å². The van der Waals surface area contributed by atoms with Gasteiger partial charge in [-0.1, -0.05) is 27.7 Å². The lowest BCUT2D eigenvalue weighted by Crippen LogP contribution is -2.56. The van der Waals surface area contributed by atoms with Crippen molar-refractivity contribution in [2.24, 2.45) is 23.0 Å². The van der Waals surface area contributed by atoms with Gasteiger partial charge in [0.25, 0.3) is 0 Å². The molecule has 1 fully saturated rings. The standard InChI is InChI=1S/C13H27NO/c1-5-12(4,9-14)13(15)7-6-10(2)8-11(13)3/h10-11,15H,5-9,14H2,1-4H3. The van der Waals surface area contributed by atoms with Gasteiger partial charge >= 0.3 is 0 Å². The molecule has 1 aliphatic carbocycles. The van der Waals surface area contributed by atoms with Crippen molar-refractivity contribution in [1.29, 1.82) is 0 Å². The first-order valence-electron chi connectivity index (χ1n) is 6.32. The van der Waals surface area contributed by atoms with Crippen LogP contribution in [-0.2, 0) is 0 Å². The molecule has 15 heavy (non-hydrogen) atoms. The first-order valence-corrected chi connectivity index (χ1v) is 6.32. The number of rotatable bonds is 3. The number of hydrogen-bond donors (Lipinski definition) is 2. The van der Waals surface area contributed by atoms with Crippen molar-refractivity contribution in [2.75, 3.05) is 6.54 Å². The average molecular weight is 213 g/mol. The van der Waals surface area contributed by atoms with Crippen LogP contribution >= 0.6 is 0 Å². The van der Waals surface area contributed by atoms with Crippen molar-refractivity contribution in [1.82, 2.24) is 0 Å². The summed E-state index contributed by atoms with van der Waals surface area (Å²) in [4.78, 5) is 0. The second-order valence-corrected chi connectivity index (χ2v) is 5.82. The lowest BCUT2D eigenvalue weighted by Gasteiger charge is -2.51. The predicted molar refractivity (Wildman–Crippen MR) is 64.6 cm³/mol. The molecule has 0 heterocycles. The third-order valence-corrected chi connectivity index (χ3v) is 4.87. The minimum atomic E-state index is -0.553. The van der Waals surface area contributed by atoms with Crippen LogP contribution in [0.1, 0.15) is 53.4 Å². The van der Waals surface area contributed by atoms with Crippen LogP contribution in [0.15, 0.2) is 0 Å². The Morgan fingerprint density at radius 2 is 2.07 bits per heavy atom. The third-order valence-electron chi connectivity index (χ3n) is 4.87. The molecule has 0 aromatic carbocycles. The highest BCUT2D eigenvalue weighted by Crippen LogP contribution is 2.48. The SMILES string of the molecule is CCC(C)(CN)C1(O)CCC(C)CC1C. The van der Waals surface area contributed by atoms with Crippen molar-refractivity contribution in [3.05, 3.63) is 0 Å². The Labute approximate surface area is 94.2 Å². The van der Waals surface area contributed by atoms with E-state index >= 15 is 0 Å². The highest BCUT2D eigenvalue weighted by atomic mass is 16.3. The zero-order valence-corrected chi connectivity index (χ0v) is 10.7. The van der Waals surface area contributed by atoms with E-state index in [4.69, 9.17) is 5.73 Å². The van der Waals surface area contributed by atoms with Crippen LogP contribution in [-0.4, -0.2) is 17.3 Å². The third kappa shape index (κ3) is 2.07. The van der Waals surface area contributed by atoms with Crippen LogP contribution in [0.25, 0.3) is 0 Å². The van der Waals surface area contributed by atoms with Gasteiger partial charge in [-0.25, -0.2) is 0 Å². The Hall–Kier alpha value is -0.0800. The fourth-order valence-electron chi connectivity index (χ4n) is 3.15. The summed E-state index contributed by atoms with van der Waals surface area (Å²) >= 11 is 0. The largest absolute Gasteiger partial charge is 0.389 e. The first kappa shape index (κ1) is 13.0. The monoisotopic (exact) mass is 213 g/mol. The Morgan fingerprint density at radius 1 is 1.47 bits per heavy atom. The summed E-state index contributed by atoms with van der Waals surface area (Å²) < 4.78 is 0. The maximum Gasteiger partial charge on any atom is 0.0738 e. The molecule has 4 atom stereocenters. The maximum atomic E-state index is 10.9. The summed E-state index contributed by atoms with van der Waals surface area (Å²) in [5.41, 5.74) is 5.20. The van der Waals surface area contributed by atoms with E-state index in [0.29, 0.717) is 12.5 Å². The predicted octanol–water partition coefficient (Wildman–Crippen LogP) is 2.55. The Balaban J connectivity index is 2.89. The van der Waals surface area contributed by atoms with Gasteiger partial charge in [0.05, 0.1) is 5.60 Å². The molecule has 0 bridgehead atoms. The van der Waals surface area contributed by atoms with E-state index in [0.717, 1.165) is 31.6 Å². The van der Waals surface area contributed by atoms with Crippen LogP contribution in [0.3, 0.4) is 0 Å². The van der Waals surface area contributed by atoms with Crippen molar-refractivity contribution in [3.8, 4) is 0 Å². The molecule has 1 saturated carbocycles. The molecule has 0 radical (unpaired) electrons. The van der Waals surface area contributed by atoms with Crippen molar-refractivity contribution < 1.29 is 5.11 Å². The molecule has 3 N–H and O–H groups in total. The zero-order chi connectivity index (χ0) is 11.7. The van der Waals surface area contributed by atoms with Gasteiger partial charge in [-0.2, -0.15) is 0 Å². The quantitative estimate of drug-likeness (QED) is 0.757. The van der Waals surface area contributed by atoms with Crippen molar-refractivity contribution >= 4 is 0 Å². The second kappa shape index (κ2) is 4.42. The molecule has 2 nitrogen and oxygen atoms in total. The van der Waals surface area contributed by atoms with E-state index in [1.165, 1.54) is 0 Å². The molecule has 0 saturated heterocycles. The molecule has 90 valence electrons. The summed E-state index contributed by atoms with van der Waals surface area (Å²) in [5, 5.41) is 10.9. The van der Waals surface area contributed by atoms with Crippen LogP contribution < -0.4 is 5.73 Å². The first-order chi connectivity index (χ1) is 6.89. The Bertz CT molecular complexity index is 213. The Morgan fingerprint density at radius 3 is 2.47 bits per heavy atom. The summed E-state index contributed by atoms with van der Waals surface area (Å²) in [6.45, 7) is 9.31. The molecule has 0 aromatic rings. The molecule has 0 aliphatic heterocycles. The van der Waals surface area contributed by atoms with Crippen molar-refractivity contribution in [2.45, 2.75) is 59.0 Å². The molecule has 0 aromatic heterocycles. The number of hydrogen-bond acceptors (Lipinski definition) is 2. The van der Waals surface area contributed by atoms with Crippen LogP contribution in [0.5, 0.6) is 0 Å². The normalized spacial score (nSPS) is 41.2. The van der Waals surface area contributed by atoms with Gasteiger partial charge in [0.1, 0.15) is 0 Å². The van der Waals surface area contributed by atoms with E-state index in [9.17, 15) is 5.11 Å². The smallest absolute Gasteiger partial charge is 0.0738 e. The highest BCUT2D eigenvalue weighted by molar-refractivity contribution is 5.01. The summed E-state index contributed by atoms with van der Waals surface area (Å²) in [6.07, 6.45) is 4.14. The van der Waals surface area contributed by atoms with E-state index in [-0.39, 0.29) is 5.41 Å². The van der Waals surface area contributed by atoms with E-state index in [2.05, 4.69) is 27.7 Å². The summed E-state index contributed by atoms with van der Waals surface area (Å²) in [5.74, 6) is 1.12. The fourth-order valence-corrected chi connectivity index (χ4v) is 3.15. The van der Waals surface area contributed by atoms with E-state index < -0.39 is 5.60 Å². The van der Waals surface area contributed by atoms with E-state index in [1.807, 2.05) is 0 Å². The Kier molecular flexibility index (Phi) is 3.83. The number of aliphatic hydroxyl groups is 1. The van der Waals surface area contributed by atoms with Gasteiger partial charge in [-0.05, 0) is 37.5 Å². The van der Waals surface area contributed by atoms with Crippen LogP contribution in [0.2, 0.25) is 0 Å².